The molecule has 1 unspecified atom stereocenters. The summed E-state index contributed by atoms with van der Waals surface area (Å²) in [6.45, 7) is 10.3. The van der Waals surface area contributed by atoms with Crippen molar-refractivity contribution < 1.29 is 0 Å². The van der Waals surface area contributed by atoms with Crippen molar-refractivity contribution >= 4 is 22.6 Å². The maximum Gasteiger partial charge on any atom is 0.0180 e. The van der Waals surface area contributed by atoms with E-state index in [0.29, 0.717) is 6.04 Å². The van der Waals surface area contributed by atoms with Gasteiger partial charge in [0.05, 0.1) is 0 Å². The Morgan fingerprint density at radius 2 is 1.69 bits per heavy atom. The van der Waals surface area contributed by atoms with Crippen molar-refractivity contribution in [2.24, 2.45) is 11.8 Å². The zero-order valence-corrected chi connectivity index (χ0v) is 11.6. The second-order valence-electron chi connectivity index (χ2n) is 4.10. The lowest BCUT2D eigenvalue weighted by Gasteiger charge is -2.23. The molecule has 0 saturated carbocycles. The van der Waals surface area contributed by atoms with E-state index in [1.807, 2.05) is 0 Å². The normalized spacial score (nSPS) is 14.1. The van der Waals surface area contributed by atoms with Crippen molar-refractivity contribution in [3.8, 4) is 0 Å². The van der Waals surface area contributed by atoms with E-state index in [4.69, 9.17) is 0 Å². The lowest BCUT2D eigenvalue weighted by atomic mass is 10.0. The maximum atomic E-state index is 3.66. The van der Waals surface area contributed by atoms with E-state index < -0.39 is 0 Å². The molecule has 0 rings (SSSR count). The molecule has 0 spiro atoms. The molecule has 0 aliphatic rings. The van der Waals surface area contributed by atoms with Gasteiger partial charge in [-0.05, 0) is 18.4 Å². The average Bonchev–Trinajstić information content (AvgIpc) is 2.12. The number of alkyl halides is 1. The van der Waals surface area contributed by atoms with Gasteiger partial charge in [-0.25, -0.2) is 0 Å². The number of hydrogen-bond donors (Lipinski definition) is 1. The smallest absolute Gasteiger partial charge is 0.0180 e. The average molecular weight is 297 g/mol. The molecule has 1 N–H and O–H groups in total. The summed E-state index contributed by atoms with van der Waals surface area (Å²) in [5.41, 5.74) is 0. The lowest BCUT2D eigenvalue weighted by molar-refractivity contribution is 0.375. The number of hydrogen-bond acceptors (Lipinski definition) is 1. The summed E-state index contributed by atoms with van der Waals surface area (Å²) >= 11 is 2.47. The SMILES string of the molecule is CCC(CC)CNC(CI)C(C)C. The molecule has 0 aromatic carbocycles. The number of rotatable bonds is 7. The van der Waals surface area contributed by atoms with Crippen molar-refractivity contribution in [3.05, 3.63) is 0 Å². The highest BCUT2D eigenvalue weighted by atomic mass is 127. The molecule has 0 radical (unpaired) electrons. The quantitative estimate of drug-likeness (QED) is 0.560. The van der Waals surface area contributed by atoms with Crippen LogP contribution in [0.2, 0.25) is 0 Å². The molecule has 0 fully saturated rings. The minimum absolute atomic E-state index is 0.696. The van der Waals surface area contributed by atoms with E-state index in [1.54, 1.807) is 0 Å². The first-order chi connectivity index (χ1) is 6.15. The molecule has 80 valence electrons. The first-order valence-corrected chi connectivity index (χ1v) is 6.97. The molecule has 0 amide bonds. The van der Waals surface area contributed by atoms with Gasteiger partial charge in [0.1, 0.15) is 0 Å². The number of halogens is 1. The van der Waals surface area contributed by atoms with Crippen LogP contribution in [-0.4, -0.2) is 17.0 Å². The number of nitrogens with one attached hydrogen (secondary N) is 1. The predicted molar refractivity (Wildman–Crippen MR) is 69.6 cm³/mol. The van der Waals surface area contributed by atoms with Crippen LogP contribution in [-0.2, 0) is 0 Å². The molecule has 1 atom stereocenters. The van der Waals surface area contributed by atoms with Crippen LogP contribution in [0.4, 0.5) is 0 Å². The molecule has 0 heterocycles. The molecule has 0 aromatic heterocycles. The first kappa shape index (κ1) is 13.7. The maximum absolute atomic E-state index is 3.66. The topological polar surface area (TPSA) is 12.0 Å². The molecular weight excluding hydrogens is 273 g/mol. The van der Waals surface area contributed by atoms with Gasteiger partial charge in [-0.15, -0.1) is 0 Å². The lowest BCUT2D eigenvalue weighted by Crippen LogP contribution is -2.38. The first-order valence-electron chi connectivity index (χ1n) is 5.44. The molecule has 0 saturated heterocycles. The standard InChI is InChI=1S/C11H24IN/c1-5-10(6-2)8-13-11(7-12)9(3)4/h9-11,13H,5-8H2,1-4H3. The van der Waals surface area contributed by atoms with Crippen molar-refractivity contribution in [1.82, 2.24) is 5.32 Å². The van der Waals surface area contributed by atoms with Gasteiger partial charge in [0.2, 0.25) is 0 Å². The van der Waals surface area contributed by atoms with Crippen LogP contribution in [0, 0.1) is 11.8 Å². The summed E-state index contributed by atoms with van der Waals surface area (Å²) in [6, 6.07) is 0.696. The summed E-state index contributed by atoms with van der Waals surface area (Å²) in [7, 11) is 0. The fourth-order valence-corrected chi connectivity index (χ4v) is 2.69. The molecule has 13 heavy (non-hydrogen) atoms. The Balaban J connectivity index is 3.69. The summed E-state index contributed by atoms with van der Waals surface area (Å²) in [5, 5.41) is 3.66. The van der Waals surface area contributed by atoms with Gasteiger partial charge >= 0.3 is 0 Å². The van der Waals surface area contributed by atoms with Gasteiger partial charge in [-0.1, -0.05) is 63.1 Å². The van der Waals surface area contributed by atoms with Crippen LogP contribution in [0.15, 0.2) is 0 Å². The van der Waals surface area contributed by atoms with E-state index >= 15 is 0 Å². The largest absolute Gasteiger partial charge is 0.313 e. The molecule has 0 bridgehead atoms. The molecule has 2 heteroatoms. The van der Waals surface area contributed by atoms with Crippen LogP contribution < -0.4 is 5.32 Å². The highest BCUT2D eigenvalue weighted by Crippen LogP contribution is 2.09. The van der Waals surface area contributed by atoms with Gasteiger partial charge in [0, 0.05) is 10.5 Å². The van der Waals surface area contributed by atoms with E-state index in [-0.39, 0.29) is 0 Å². The summed E-state index contributed by atoms with van der Waals surface area (Å²) in [5.74, 6) is 1.62. The summed E-state index contributed by atoms with van der Waals surface area (Å²) < 4.78 is 1.22. The highest BCUT2D eigenvalue weighted by Gasteiger charge is 2.12. The highest BCUT2D eigenvalue weighted by molar-refractivity contribution is 14.1. The predicted octanol–water partition coefficient (Wildman–Crippen LogP) is 3.47. The Morgan fingerprint density at radius 3 is 2.00 bits per heavy atom. The Labute approximate surface area is 97.2 Å². The molecule has 0 aromatic rings. The Hall–Kier alpha value is 0.690. The second-order valence-corrected chi connectivity index (χ2v) is 4.98. The third kappa shape index (κ3) is 5.89. The van der Waals surface area contributed by atoms with Crippen LogP contribution in [0.3, 0.4) is 0 Å². The van der Waals surface area contributed by atoms with Crippen LogP contribution in [0.1, 0.15) is 40.5 Å². The van der Waals surface area contributed by atoms with Crippen LogP contribution in [0.25, 0.3) is 0 Å². The third-order valence-electron chi connectivity index (χ3n) is 2.79. The van der Waals surface area contributed by atoms with Gasteiger partial charge in [-0.3, -0.25) is 0 Å². The third-order valence-corrected chi connectivity index (χ3v) is 3.74. The van der Waals surface area contributed by atoms with Crippen LogP contribution >= 0.6 is 22.6 Å². The van der Waals surface area contributed by atoms with Crippen molar-refractivity contribution in [2.75, 3.05) is 11.0 Å². The van der Waals surface area contributed by atoms with E-state index in [1.165, 1.54) is 23.8 Å². The molecule has 0 aliphatic heterocycles. The summed E-state index contributed by atoms with van der Waals surface area (Å²) in [4.78, 5) is 0. The molecule has 1 nitrogen and oxygen atoms in total. The van der Waals surface area contributed by atoms with Crippen molar-refractivity contribution in [1.29, 1.82) is 0 Å². The Morgan fingerprint density at radius 1 is 1.15 bits per heavy atom. The van der Waals surface area contributed by atoms with Gasteiger partial charge < -0.3 is 5.32 Å². The monoisotopic (exact) mass is 297 g/mol. The second kappa shape index (κ2) is 8.04. The minimum Gasteiger partial charge on any atom is -0.313 e. The van der Waals surface area contributed by atoms with E-state index in [2.05, 4.69) is 55.6 Å². The van der Waals surface area contributed by atoms with Gasteiger partial charge in [0.15, 0.2) is 0 Å². The van der Waals surface area contributed by atoms with Crippen molar-refractivity contribution in [3.63, 3.8) is 0 Å². The Bertz CT molecular complexity index is 111. The molecular formula is C11H24IN. The van der Waals surface area contributed by atoms with E-state index in [9.17, 15) is 0 Å². The van der Waals surface area contributed by atoms with Crippen LogP contribution in [0.5, 0.6) is 0 Å². The fourth-order valence-electron chi connectivity index (χ4n) is 1.36. The fraction of sp³-hybridized carbons (Fsp3) is 1.00. The zero-order valence-electron chi connectivity index (χ0n) is 9.44. The zero-order chi connectivity index (χ0) is 10.3. The van der Waals surface area contributed by atoms with Gasteiger partial charge in [-0.2, -0.15) is 0 Å². The Kier molecular flexibility index (Phi) is 8.46. The summed E-state index contributed by atoms with van der Waals surface area (Å²) in [6.07, 6.45) is 2.60. The van der Waals surface area contributed by atoms with E-state index in [0.717, 1.165) is 11.8 Å². The van der Waals surface area contributed by atoms with Crippen molar-refractivity contribution in [2.45, 2.75) is 46.6 Å². The minimum atomic E-state index is 0.696. The van der Waals surface area contributed by atoms with Gasteiger partial charge in [0.25, 0.3) is 0 Å². The molecule has 0 aliphatic carbocycles.